The molecule has 5 aromatic rings. The van der Waals surface area contributed by atoms with Crippen LogP contribution in [-0.4, -0.2) is 126 Å². The summed E-state index contributed by atoms with van der Waals surface area (Å²) in [6.45, 7) is 12.8. The van der Waals surface area contributed by atoms with Gasteiger partial charge >= 0.3 is 23.9 Å². The molecule has 0 aliphatic carbocycles. The fourth-order valence-electron chi connectivity index (χ4n) is 9.18. The number of aryl methyl sites for hydroxylation is 2. The molecule has 422 valence electrons. The highest BCUT2D eigenvalue weighted by Crippen LogP contribution is 2.38. The Bertz CT molecular complexity index is 3750. The Morgan fingerprint density at radius 1 is 0.439 bits per heavy atom. The smallest absolute Gasteiger partial charge is 0.322 e. The summed E-state index contributed by atoms with van der Waals surface area (Å²) < 4.78 is 0. The minimum absolute atomic E-state index is 0.0229. The first-order valence-electron chi connectivity index (χ1n) is 25.2. The number of aliphatic carboxylic acids is 4. The monoisotopic (exact) mass is 1120 g/mol. The highest BCUT2D eigenvalue weighted by molar-refractivity contribution is 6.06. The zero-order valence-corrected chi connectivity index (χ0v) is 44.8. The van der Waals surface area contributed by atoms with Crippen LogP contribution < -0.4 is 31.9 Å². The topological polar surface area (TPSA) is 381 Å². The maximum Gasteiger partial charge on any atom is 0.322 e. The second kappa shape index (κ2) is 25.3. The number of aromatic nitrogens is 4. The lowest BCUT2D eigenvalue weighted by atomic mass is 9.98. The van der Waals surface area contributed by atoms with Gasteiger partial charge in [0, 0.05) is 79.7 Å². The van der Waals surface area contributed by atoms with E-state index in [0.29, 0.717) is 50.6 Å². The number of benzene rings is 2. The molecule has 0 spiro atoms. The summed E-state index contributed by atoms with van der Waals surface area (Å²) in [7, 11) is 0. The van der Waals surface area contributed by atoms with E-state index in [1.165, 1.54) is 24.3 Å². The number of hydrogen-bond acceptors (Lipinski definition) is 12. The molecule has 2 aliphatic heterocycles. The predicted octanol–water partition coefficient (Wildman–Crippen LogP) is 6.17. The Labute approximate surface area is 466 Å². The molecule has 12 N–H and O–H groups in total. The molecule has 2 aromatic carbocycles. The van der Waals surface area contributed by atoms with Crippen molar-refractivity contribution < 1.29 is 68.4 Å². The van der Waals surface area contributed by atoms with Crippen molar-refractivity contribution in [1.29, 1.82) is 0 Å². The molecule has 0 fully saturated rings. The van der Waals surface area contributed by atoms with Gasteiger partial charge in [0.05, 0.1) is 22.8 Å². The maximum atomic E-state index is 13.9. The van der Waals surface area contributed by atoms with Crippen molar-refractivity contribution in [2.45, 2.75) is 53.4 Å². The molecule has 0 saturated heterocycles. The van der Waals surface area contributed by atoms with Crippen molar-refractivity contribution in [3.8, 4) is 0 Å². The minimum Gasteiger partial charge on any atom is -0.480 e. The molecule has 2 aliphatic rings. The van der Waals surface area contributed by atoms with Gasteiger partial charge in [-0.1, -0.05) is 25.3 Å². The second-order valence-electron chi connectivity index (χ2n) is 18.9. The third-order valence-corrected chi connectivity index (χ3v) is 13.3. The Morgan fingerprint density at radius 3 is 1.09 bits per heavy atom. The van der Waals surface area contributed by atoms with E-state index in [9.17, 15) is 47.9 Å². The van der Waals surface area contributed by atoms with Crippen molar-refractivity contribution in [3.63, 3.8) is 0 Å². The van der Waals surface area contributed by atoms with E-state index >= 15 is 0 Å². The van der Waals surface area contributed by atoms with Crippen LogP contribution in [0.1, 0.15) is 126 Å². The number of fused-ring (bicyclic) bond motifs is 8. The van der Waals surface area contributed by atoms with E-state index in [-0.39, 0.29) is 59.3 Å². The van der Waals surface area contributed by atoms with Gasteiger partial charge in [-0.25, -0.2) is 9.97 Å². The van der Waals surface area contributed by atoms with E-state index in [4.69, 9.17) is 30.4 Å². The molecule has 7 rings (SSSR count). The molecular weight excluding hydrogens is 1060 g/mol. The number of nitrogens with zero attached hydrogens (tertiary/aromatic N) is 2. The zero-order valence-electron chi connectivity index (χ0n) is 44.8. The largest absolute Gasteiger partial charge is 0.480 e. The SMILES string of the molecule is C=Cc1c(C)c2cc3[nH]c(cc4nc(cc5nc(cc1[nH]2)C(C)=C5CCC(=O)Nc1cc(C(=O)NCC(=O)O)cc(C(=O)NCC(=O)O)c1)C(CCC(=O)Nc1cc(C(=O)NCC(=O)O)cc(C(=O)NCC(=O)O)c1)=C4C)c(C)c3C=C. The number of carbonyl (C=O) groups excluding carboxylic acids is 6. The molecule has 0 unspecified atom stereocenters. The summed E-state index contributed by atoms with van der Waals surface area (Å²) in [5.41, 5.74) is 10.1. The van der Waals surface area contributed by atoms with Crippen LogP contribution in [0.25, 0.3) is 56.5 Å². The van der Waals surface area contributed by atoms with Crippen molar-refractivity contribution in [3.05, 3.63) is 141 Å². The van der Waals surface area contributed by atoms with E-state index in [1.807, 2.05) is 45.9 Å². The number of aromatic amines is 2. The number of carboxylic acids is 4. The van der Waals surface area contributed by atoms with E-state index in [2.05, 4.69) is 55.0 Å². The molecule has 0 radical (unpaired) electrons. The average Bonchev–Trinajstić information content (AvgIpc) is 4.31. The highest BCUT2D eigenvalue weighted by Gasteiger charge is 2.25. The lowest BCUT2D eigenvalue weighted by Crippen LogP contribution is -2.31. The van der Waals surface area contributed by atoms with Crippen molar-refractivity contribution in [2.24, 2.45) is 0 Å². The Morgan fingerprint density at radius 2 is 0.756 bits per heavy atom. The molecule has 5 heterocycles. The number of carboxylic acid groups (broad SMARTS) is 4. The van der Waals surface area contributed by atoms with Crippen LogP contribution in [0.4, 0.5) is 11.4 Å². The molecule has 82 heavy (non-hydrogen) atoms. The summed E-state index contributed by atoms with van der Waals surface area (Å²) in [6, 6.07) is 14.6. The van der Waals surface area contributed by atoms with Gasteiger partial charge in [-0.3, -0.25) is 47.9 Å². The van der Waals surface area contributed by atoms with E-state index in [1.54, 1.807) is 18.2 Å². The van der Waals surface area contributed by atoms with Gasteiger partial charge in [0.2, 0.25) is 11.8 Å². The van der Waals surface area contributed by atoms with E-state index < -0.39 is 85.5 Å². The van der Waals surface area contributed by atoms with Crippen LogP contribution in [0.15, 0.2) is 73.8 Å². The number of amides is 6. The molecule has 8 bridgehead atoms. The highest BCUT2D eigenvalue weighted by atomic mass is 16.4. The first-order chi connectivity index (χ1) is 38.9. The summed E-state index contributed by atoms with van der Waals surface area (Å²) in [4.78, 5) is 142. The molecule has 24 heteroatoms. The van der Waals surface area contributed by atoms with Crippen LogP contribution in [0.2, 0.25) is 0 Å². The number of rotatable bonds is 22. The van der Waals surface area contributed by atoms with Crippen LogP contribution in [0.5, 0.6) is 0 Å². The van der Waals surface area contributed by atoms with Gasteiger partial charge in [-0.15, -0.1) is 0 Å². The van der Waals surface area contributed by atoms with Crippen molar-refractivity contribution in [2.75, 3.05) is 36.8 Å². The van der Waals surface area contributed by atoms with Gasteiger partial charge in [0.1, 0.15) is 26.2 Å². The number of carbonyl (C=O) groups is 10. The normalized spacial score (nSPS) is 11.8. The summed E-state index contributed by atoms with van der Waals surface area (Å²) >= 11 is 0. The first kappa shape index (κ1) is 58.9. The molecule has 3 aromatic heterocycles. The summed E-state index contributed by atoms with van der Waals surface area (Å²) in [6.07, 6.45) is 3.25. The van der Waals surface area contributed by atoms with Gasteiger partial charge < -0.3 is 62.3 Å². The number of nitrogens with one attached hydrogen (secondary N) is 8. The third-order valence-electron chi connectivity index (χ3n) is 13.3. The quantitative estimate of drug-likeness (QED) is 0.0368. The van der Waals surface area contributed by atoms with Gasteiger partial charge in [0.25, 0.3) is 23.6 Å². The summed E-state index contributed by atoms with van der Waals surface area (Å²) in [5.74, 6) is -10.0. The fourth-order valence-corrected chi connectivity index (χ4v) is 9.18. The Balaban J connectivity index is 1.29. The minimum atomic E-state index is -1.34. The van der Waals surface area contributed by atoms with Crippen LogP contribution in [0.3, 0.4) is 0 Å². The Hall–Kier alpha value is -10.8. The lowest BCUT2D eigenvalue weighted by molar-refractivity contribution is -0.136. The van der Waals surface area contributed by atoms with Gasteiger partial charge in [-0.2, -0.15) is 0 Å². The van der Waals surface area contributed by atoms with Crippen molar-refractivity contribution in [1.82, 2.24) is 41.2 Å². The average molecular weight is 1120 g/mol. The van der Waals surface area contributed by atoms with Crippen LogP contribution in [0, 0.1) is 13.8 Å². The maximum absolute atomic E-state index is 13.9. The number of hydrogen-bond donors (Lipinski definition) is 12. The Kier molecular flexibility index (Phi) is 18.2. The number of anilines is 2. The molecule has 24 nitrogen and oxygen atoms in total. The second-order valence-corrected chi connectivity index (χ2v) is 18.9. The predicted molar refractivity (Wildman–Crippen MR) is 304 cm³/mol. The van der Waals surface area contributed by atoms with Gasteiger partial charge in [-0.05, 0) is 135 Å². The summed E-state index contributed by atoms with van der Waals surface area (Å²) in [5, 5.41) is 50.7. The third kappa shape index (κ3) is 14.1. The van der Waals surface area contributed by atoms with Crippen LogP contribution in [-0.2, 0) is 28.8 Å². The zero-order chi connectivity index (χ0) is 59.7. The fraction of sp³-hybridized carbons (Fsp3) is 0.207. The molecular formula is C58H56N10O14. The lowest BCUT2D eigenvalue weighted by Gasteiger charge is -2.12. The van der Waals surface area contributed by atoms with Crippen LogP contribution >= 0.6 is 0 Å². The van der Waals surface area contributed by atoms with E-state index in [0.717, 1.165) is 50.9 Å². The number of H-pyrrole nitrogens is 2. The number of allylic oxidation sites excluding steroid dienone is 4. The standard InChI is InChI=1S/C58H56N10O14/c1-7-37-27(3)41-19-42-29(5)39(9-11-49(69)63-35-15-31(55(79)59-23-51(71)72)13-32(16-35)56(80)60-24-52(73)74)47(67-42)22-48-40(30(6)44(68-48)21-46-38(8-2)28(4)43(66-46)20-45(37)65-41)10-12-50(70)64-36-17-33(57(81)61-25-53(75)76)14-34(18-36)58(82)62-26-54(77)78/h7-8,13-22,65-66H,1-2,9-12,23-26H2,3-6H3,(H,59,79)(H,60,80)(H,61,81)(H,62,82)(H,63,69)(H,64,70)(H,71,72)(H,73,74)(H,75,76)(H,77,78). The molecule has 0 saturated carbocycles. The molecule has 0 atom stereocenters. The molecule has 6 amide bonds. The van der Waals surface area contributed by atoms with Crippen molar-refractivity contribution >= 4 is 127 Å². The first-order valence-corrected chi connectivity index (χ1v) is 25.2. The van der Waals surface area contributed by atoms with Gasteiger partial charge in [0.15, 0.2) is 0 Å².